The second-order valence-electron chi connectivity index (χ2n) is 5.19. The molecule has 0 amide bonds. The summed E-state index contributed by atoms with van der Waals surface area (Å²) in [4.78, 5) is 0. The van der Waals surface area contributed by atoms with E-state index in [1.807, 2.05) is 31.2 Å². The first-order chi connectivity index (χ1) is 9.08. The number of hydrogen-bond acceptors (Lipinski definition) is 1. The quantitative estimate of drug-likeness (QED) is 0.879. The first-order valence-electron chi connectivity index (χ1n) is 6.63. The molecule has 0 saturated carbocycles. The summed E-state index contributed by atoms with van der Waals surface area (Å²) in [5.41, 5.74) is 9.60. The van der Waals surface area contributed by atoms with Gasteiger partial charge in [-0.05, 0) is 48.1 Å². The second kappa shape index (κ2) is 5.98. The van der Waals surface area contributed by atoms with E-state index in [0.29, 0.717) is 5.92 Å². The highest BCUT2D eigenvalue weighted by Crippen LogP contribution is 2.24. The molecule has 2 N–H and O–H groups in total. The van der Waals surface area contributed by atoms with Crippen LogP contribution in [0.3, 0.4) is 0 Å². The van der Waals surface area contributed by atoms with Crippen molar-refractivity contribution in [3.63, 3.8) is 0 Å². The van der Waals surface area contributed by atoms with Gasteiger partial charge in [-0.1, -0.05) is 43.3 Å². The third-order valence-corrected chi connectivity index (χ3v) is 3.64. The number of nitrogens with two attached hydrogens (primary N) is 1. The van der Waals surface area contributed by atoms with Gasteiger partial charge in [0, 0.05) is 6.04 Å². The lowest BCUT2D eigenvalue weighted by Gasteiger charge is -2.21. The molecule has 2 rings (SSSR count). The Morgan fingerprint density at radius 2 is 1.79 bits per heavy atom. The zero-order chi connectivity index (χ0) is 13.8. The Bertz CT molecular complexity index is 536. The Balaban J connectivity index is 2.10. The first-order valence-corrected chi connectivity index (χ1v) is 6.63. The van der Waals surface area contributed by atoms with Crippen LogP contribution >= 0.6 is 0 Å². The van der Waals surface area contributed by atoms with Crippen molar-refractivity contribution < 1.29 is 4.39 Å². The number of halogens is 1. The van der Waals surface area contributed by atoms with E-state index in [1.54, 1.807) is 6.07 Å². The molecule has 0 spiro atoms. The van der Waals surface area contributed by atoms with Gasteiger partial charge in [-0.3, -0.25) is 0 Å². The SMILES string of the molecule is Cc1cc(F)ccc1CC(C)C(N)c1ccccc1. The predicted octanol–water partition coefficient (Wildman–Crippen LogP) is 4.01. The Morgan fingerprint density at radius 3 is 2.42 bits per heavy atom. The maximum Gasteiger partial charge on any atom is 0.123 e. The van der Waals surface area contributed by atoms with Crippen molar-refractivity contribution >= 4 is 0 Å². The minimum atomic E-state index is -0.179. The third-order valence-electron chi connectivity index (χ3n) is 3.64. The van der Waals surface area contributed by atoms with Crippen LogP contribution in [0.25, 0.3) is 0 Å². The van der Waals surface area contributed by atoms with Crippen molar-refractivity contribution in [1.82, 2.24) is 0 Å². The molecule has 2 aromatic carbocycles. The van der Waals surface area contributed by atoms with Crippen LogP contribution in [0.5, 0.6) is 0 Å². The molecule has 0 aliphatic rings. The fraction of sp³-hybridized carbons (Fsp3) is 0.294. The van der Waals surface area contributed by atoms with Crippen LogP contribution < -0.4 is 5.73 Å². The average molecular weight is 257 g/mol. The normalized spacial score (nSPS) is 14.1. The summed E-state index contributed by atoms with van der Waals surface area (Å²) in [6.07, 6.45) is 0.863. The van der Waals surface area contributed by atoms with Crippen molar-refractivity contribution in [3.05, 3.63) is 71.0 Å². The van der Waals surface area contributed by atoms with Crippen LogP contribution in [0.1, 0.15) is 29.7 Å². The van der Waals surface area contributed by atoms with E-state index < -0.39 is 0 Å². The standard InChI is InChI=1S/C17H20FN/c1-12-11-16(18)9-8-15(12)10-13(2)17(19)14-6-4-3-5-7-14/h3-9,11,13,17H,10,19H2,1-2H3. The molecule has 2 atom stereocenters. The topological polar surface area (TPSA) is 26.0 Å². The minimum absolute atomic E-state index is 0.00523. The van der Waals surface area contributed by atoms with Gasteiger partial charge < -0.3 is 5.73 Å². The van der Waals surface area contributed by atoms with Crippen LogP contribution in [0.15, 0.2) is 48.5 Å². The average Bonchev–Trinajstić information content (AvgIpc) is 2.42. The largest absolute Gasteiger partial charge is 0.324 e. The van der Waals surface area contributed by atoms with Gasteiger partial charge in [0.1, 0.15) is 5.82 Å². The van der Waals surface area contributed by atoms with E-state index in [0.717, 1.165) is 17.5 Å². The van der Waals surface area contributed by atoms with Crippen LogP contribution in [-0.2, 0) is 6.42 Å². The molecule has 1 nitrogen and oxygen atoms in total. The Hall–Kier alpha value is -1.67. The molecule has 0 saturated heterocycles. The number of rotatable bonds is 4. The highest BCUT2D eigenvalue weighted by atomic mass is 19.1. The van der Waals surface area contributed by atoms with Gasteiger partial charge in [0.25, 0.3) is 0 Å². The van der Waals surface area contributed by atoms with E-state index in [1.165, 1.54) is 11.6 Å². The molecule has 2 unspecified atom stereocenters. The van der Waals surface area contributed by atoms with Crippen LogP contribution in [0, 0.1) is 18.7 Å². The van der Waals surface area contributed by atoms with Crippen molar-refractivity contribution in [2.24, 2.45) is 11.7 Å². The number of benzene rings is 2. The molecular formula is C17H20FN. The van der Waals surface area contributed by atoms with Gasteiger partial charge in [-0.2, -0.15) is 0 Å². The van der Waals surface area contributed by atoms with Crippen molar-refractivity contribution in [1.29, 1.82) is 0 Å². The molecule has 2 aromatic rings. The number of aryl methyl sites for hydroxylation is 1. The summed E-state index contributed by atoms with van der Waals surface area (Å²) in [5, 5.41) is 0. The predicted molar refractivity (Wildman–Crippen MR) is 77.4 cm³/mol. The van der Waals surface area contributed by atoms with Crippen molar-refractivity contribution in [2.75, 3.05) is 0 Å². The zero-order valence-corrected chi connectivity index (χ0v) is 11.4. The van der Waals surface area contributed by atoms with Crippen LogP contribution in [0.2, 0.25) is 0 Å². The summed E-state index contributed by atoms with van der Waals surface area (Å²) < 4.78 is 13.1. The molecule has 0 heterocycles. The van der Waals surface area contributed by atoms with Gasteiger partial charge in [-0.25, -0.2) is 4.39 Å². The van der Waals surface area contributed by atoms with E-state index >= 15 is 0 Å². The summed E-state index contributed by atoms with van der Waals surface area (Å²) in [6.45, 7) is 4.08. The van der Waals surface area contributed by atoms with E-state index in [-0.39, 0.29) is 11.9 Å². The summed E-state index contributed by atoms with van der Waals surface area (Å²) >= 11 is 0. The van der Waals surface area contributed by atoms with Gasteiger partial charge in [-0.15, -0.1) is 0 Å². The highest BCUT2D eigenvalue weighted by molar-refractivity contribution is 5.28. The fourth-order valence-electron chi connectivity index (χ4n) is 2.37. The zero-order valence-electron chi connectivity index (χ0n) is 11.4. The van der Waals surface area contributed by atoms with Crippen molar-refractivity contribution in [2.45, 2.75) is 26.3 Å². The summed E-state index contributed by atoms with van der Waals surface area (Å²) in [5.74, 6) is 0.132. The molecule has 0 aliphatic heterocycles. The fourth-order valence-corrected chi connectivity index (χ4v) is 2.37. The molecule has 100 valence electrons. The Morgan fingerprint density at radius 1 is 1.11 bits per heavy atom. The van der Waals surface area contributed by atoms with Gasteiger partial charge in [0.2, 0.25) is 0 Å². The summed E-state index contributed by atoms with van der Waals surface area (Å²) in [6, 6.07) is 15.1. The number of hydrogen-bond donors (Lipinski definition) is 1. The lowest BCUT2D eigenvalue weighted by atomic mass is 9.88. The molecular weight excluding hydrogens is 237 g/mol. The van der Waals surface area contributed by atoms with Gasteiger partial charge >= 0.3 is 0 Å². The molecule has 0 aliphatic carbocycles. The minimum Gasteiger partial charge on any atom is -0.324 e. The maximum atomic E-state index is 13.1. The van der Waals surface area contributed by atoms with Gasteiger partial charge in [0.05, 0.1) is 0 Å². The van der Waals surface area contributed by atoms with Crippen LogP contribution in [-0.4, -0.2) is 0 Å². The molecule has 0 bridgehead atoms. The maximum absolute atomic E-state index is 13.1. The molecule has 0 fully saturated rings. The molecule has 0 radical (unpaired) electrons. The van der Waals surface area contributed by atoms with E-state index in [2.05, 4.69) is 19.1 Å². The smallest absolute Gasteiger partial charge is 0.123 e. The Labute approximate surface area is 114 Å². The van der Waals surface area contributed by atoms with Crippen LogP contribution in [0.4, 0.5) is 4.39 Å². The van der Waals surface area contributed by atoms with Gasteiger partial charge in [0.15, 0.2) is 0 Å². The second-order valence-corrected chi connectivity index (χ2v) is 5.19. The lowest BCUT2D eigenvalue weighted by molar-refractivity contribution is 0.467. The van der Waals surface area contributed by atoms with Crippen molar-refractivity contribution in [3.8, 4) is 0 Å². The Kier molecular flexibility index (Phi) is 4.33. The molecule has 2 heteroatoms. The monoisotopic (exact) mass is 257 g/mol. The molecule has 19 heavy (non-hydrogen) atoms. The molecule has 0 aromatic heterocycles. The third kappa shape index (κ3) is 3.42. The lowest BCUT2D eigenvalue weighted by Crippen LogP contribution is -2.21. The highest BCUT2D eigenvalue weighted by Gasteiger charge is 2.16. The first kappa shape index (κ1) is 13.8. The summed E-state index contributed by atoms with van der Waals surface area (Å²) in [7, 11) is 0. The van der Waals surface area contributed by atoms with E-state index in [9.17, 15) is 4.39 Å². The van der Waals surface area contributed by atoms with E-state index in [4.69, 9.17) is 5.73 Å².